The molecule has 0 heterocycles. The van der Waals surface area contributed by atoms with Crippen molar-refractivity contribution in [1.82, 2.24) is 0 Å². The van der Waals surface area contributed by atoms with E-state index in [-0.39, 0.29) is 17.4 Å². The van der Waals surface area contributed by atoms with Crippen LogP contribution in [-0.2, 0) is 0 Å². The lowest BCUT2D eigenvalue weighted by Gasteiger charge is -2.19. The molecule has 88 valence electrons. The molecule has 1 rings (SSSR count). The molecule has 0 aliphatic heterocycles. The maximum Gasteiger partial charge on any atom is 0.337 e. The van der Waals surface area contributed by atoms with E-state index in [0.29, 0.717) is 11.7 Å². The Morgan fingerprint density at radius 3 is 2.50 bits per heavy atom. The summed E-state index contributed by atoms with van der Waals surface area (Å²) in [6.07, 6.45) is -0.00801. The Bertz CT molecular complexity index is 388. The first-order valence-corrected chi connectivity index (χ1v) is 5.22. The highest BCUT2D eigenvalue weighted by Gasteiger charge is 2.15. The average Bonchev–Trinajstić information content (AvgIpc) is 2.20. The van der Waals surface area contributed by atoms with Gasteiger partial charge in [-0.25, -0.2) is 4.79 Å². The molecule has 16 heavy (non-hydrogen) atoms. The molecule has 1 atom stereocenters. The van der Waals surface area contributed by atoms with Crippen LogP contribution in [0.1, 0.15) is 31.1 Å². The zero-order valence-electron chi connectivity index (χ0n) is 9.73. The van der Waals surface area contributed by atoms with Crippen LogP contribution in [0.2, 0.25) is 0 Å². The van der Waals surface area contributed by atoms with E-state index in [1.165, 1.54) is 6.07 Å². The van der Waals surface area contributed by atoms with Crippen molar-refractivity contribution in [2.45, 2.75) is 26.9 Å². The van der Waals surface area contributed by atoms with Crippen molar-refractivity contribution in [3.63, 3.8) is 0 Å². The van der Waals surface area contributed by atoms with Gasteiger partial charge >= 0.3 is 5.97 Å². The lowest BCUT2D eigenvalue weighted by Crippen LogP contribution is -2.19. The standard InChI is InChI=1S/C12H17NO3/c1-7(2)8(3)16-10-6-4-5-9(11(10)13)12(14)15/h4-8H,13H2,1-3H3,(H,14,15). The summed E-state index contributed by atoms with van der Waals surface area (Å²) in [5.74, 6) is -0.269. The van der Waals surface area contributed by atoms with Crippen LogP contribution in [0.4, 0.5) is 5.69 Å². The third-order valence-corrected chi connectivity index (χ3v) is 2.55. The number of benzene rings is 1. The summed E-state index contributed by atoms with van der Waals surface area (Å²) in [5, 5.41) is 8.90. The summed E-state index contributed by atoms with van der Waals surface area (Å²) in [6, 6.07) is 4.77. The number of carboxylic acids is 1. The predicted molar refractivity (Wildman–Crippen MR) is 62.7 cm³/mol. The van der Waals surface area contributed by atoms with Crippen molar-refractivity contribution >= 4 is 11.7 Å². The molecule has 0 saturated heterocycles. The van der Waals surface area contributed by atoms with E-state index in [1.54, 1.807) is 12.1 Å². The minimum Gasteiger partial charge on any atom is -0.488 e. The molecule has 0 aliphatic rings. The number of ether oxygens (including phenoxy) is 1. The molecule has 0 fully saturated rings. The summed E-state index contributed by atoms with van der Waals surface area (Å²) in [5.41, 5.74) is 5.99. The van der Waals surface area contributed by atoms with Gasteiger partial charge < -0.3 is 15.6 Å². The second-order valence-electron chi connectivity index (χ2n) is 4.09. The number of anilines is 1. The zero-order chi connectivity index (χ0) is 12.3. The molecule has 1 aromatic carbocycles. The Hall–Kier alpha value is -1.71. The third-order valence-electron chi connectivity index (χ3n) is 2.55. The van der Waals surface area contributed by atoms with Gasteiger partial charge in [0.1, 0.15) is 5.75 Å². The number of rotatable bonds is 4. The van der Waals surface area contributed by atoms with Gasteiger partial charge in [-0.05, 0) is 25.0 Å². The van der Waals surface area contributed by atoms with E-state index >= 15 is 0 Å². The lowest BCUT2D eigenvalue weighted by atomic mass is 10.1. The summed E-state index contributed by atoms with van der Waals surface area (Å²) >= 11 is 0. The summed E-state index contributed by atoms with van der Waals surface area (Å²) in [6.45, 7) is 5.99. The number of carboxylic acid groups (broad SMARTS) is 1. The molecule has 1 aromatic rings. The van der Waals surface area contributed by atoms with Crippen molar-refractivity contribution in [1.29, 1.82) is 0 Å². The number of nitrogen functional groups attached to an aromatic ring is 1. The van der Waals surface area contributed by atoms with Gasteiger partial charge in [-0.2, -0.15) is 0 Å². The Morgan fingerprint density at radius 2 is 2.00 bits per heavy atom. The minimum atomic E-state index is -1.04. The number of nitrogens with two attached hydrogens (primary N) is 1. The summed E-state index contributed by atoms with van der Waals surface area (Å²) < 4.78 is 5.61. The van der Waals surface area contributed by atoms with Crippen molar-refractivity contribution < 1.29 is 14.6 Å². The van der Waals surface area contributed by atoms with Gasteiger partial charge in [0.25, 0.3) is 0 Å². The molecule has 0 saturated carbocycles. The van der Waals surface area contributed by atoms with Crippen LogP contribution in [0, 0.1) is 5.92 Å². The predicted octanol–water partition coefficient (Wildman–Crippen LogP) is 2.39. The molecule has 0 aliphatic carbocycles. The number of hydrogen-bond donors (Lipinski definition) is 2. The lowest BCUT2D eigenvalue weighted by molar-refractivity contribution is 0.0697. The Labute approximate surface area is 95.0 Å². The van der Waals surface area contributed by atoms with Crippen molar-refractivity contribution in [3.05, 3.63) is 23.8 Å². The van der Waals surface area contributed by atoms with E-state index < -0.39 is 5.97 Å². The Morgan fingerprint density at radius 1 is 1.38 bits per heavy atom. The average molecular weight is 223 g/mol. The highest BCUT2D eigenvalue weighted by atomic mass is 16.5. The normalized spacial score (nSPS) is 12.5. The molecule has 4 nitrogen and oxygen atoms in total. The number of para-hydroxylation sites is 1. The number of aromatic carboxylic acids is 1. The monoisotopic (exact) mass is 223 g/mol. The topological polar surface area (TPSA) is 72.5 Å². The van der Waals surface area contributed by atoms with Crippen molar-refractivity contribution in [2.75, 3.05) is 5.73 Å². The van der Waals surface area contributed by atoms with Gasteiger partial charge in [-0.15, -0.1) is 0 Å². The van der Waals surface area contributed by atoms with Gasteiger partial charge in [0.15, 0.2) is 0 Å². The first-order chi connectivity index (χ1) is 7.43. The molecular formula is C12H17NO3. The highest BCUT2D eigenvalue weighted by Crippen LogP contribution is 2.27. The van der Waals surface area contributed by atoms with Gasteiger partial charge in [0.2, 0.25) is 0 Å². The zero-order valence-corrected chi connectivity index (χ0v) is 9.73. The fraction of sp³-hybridized carbons (Fsp3) is 0.417. The van der Waals surface area contributed by atoms with Gasteiger partial charge in [0, 0.05) is 0 Å². The molecule has 0 spiro atoms. The smallest absolute Gasteiger partial charge is 0.337 e. The van der Waals surface area contributed by atoms with E-state index in [4.69, 9.17) is 15.6 Å². The SMILES string of the molecule is CC(C)C(C)Oc1cccc(C(=O)O)c1N. The van der Waals surface area contributed by atoms with E-state index in [2.05, 4.69) is 0 Å². The van der Waals surface area contributed by atoms with Crippen molar-refractivity contribution in [2.24, 2.45) is 5.92 Å². The molecular weight excluding hydrogens is 206 g/mol. The first-order valence-electron chi connectivity index (χ1n) is 5.22. The summed E-state index contributed by atoms with van der Waals surface area (Å²) in [4.78, 5) is 10.9. The summed E-state index contributed by atoms with van der Waals surface area (Å²) in [7, 11) is 0. The van der Waals surface area contributed by atoms with Crippen LogP contribution < -0.4 is 10.5 Å². The van der Waals surface area contributed by atoms with Crippen LogP contribution in [0.15, 0.2) is 18.2 Å². The molecule has 0 radical (unpaired) electrons. The quantitative estimate of drug-likeness (QED) is 0.769. The molecule has 3 N–H and O–H groups in total. The third kappa shape index (κ3) is 2.66. The molecule has 0 bridgehead atoms. The number of hydrogen-bond acceptors (Lipinski definition) is 3. The van der Waals surface area contributed by atoms with E-state index in [1.807, 2.05) is 20.8 Å². The molecule has 0 amide bonds. The highest BCUT2D eigenvalue weighted by molar-refractivity contribution is 5.95. The first kappa shape index (κ1) is 12.4. The fourth-order valence-electron chi connectivity index (χ4n) is 1.17. The maximum absolute atomic E-state index is 10.9. The minimum absolute atomic E-state index is 0.00801. The molecule has 4 heteroatoms. The maximum atomic E-state index is 10.9. The fourth-order valence-corrected chi connectivity index (χ4v) is 1.17. The second-order valence-corrected chi connectivity index (χ2v) is 4.09. The van der Waals surface area contributed by atoms with Crippen LogP contribution >= 0.6 is 0 Å². The van der Waals surface area contributed by atoms with Crippen LogP contribution in [0.3, 0.4) is 0 Å². The molecule has 1 unspecified atom stereocenters. The van der Waals surface area contributed by atoms with Gasteiger partial charge in [-0.1, -0.05) is 19.9 Å². The van der Waals surface area contributed by atoms with Crippen LogP contribution in [0.5, 0.6) is 5.75 Å². The van der Waals surface area contributed by atoms with Gasteiger partial charge in [-0.3, -0.25) is 0 Å². The van der Waals surface area contributed by atoms with Crippen LogP contribution in [0.25, 0.3) is 0 Å². The van der Waals surface area contributed by atoms with E-state index in [0.717, 1.165) is 0 Å². The largest absolute Gasteiger partial charge is 0.488 e. The van der Waals surface area contributed by atoms with Crippen molar-refractivity contribution in [3.8, 4) is 5.75 Å². The second kappa shape index (κ2) is 4.88. The number of carbonyl (C=O) groups is 1. The Kier molecular flexibility index (Phi) is 3.77. The van der Waals surface area contributed by atoms with E-state index in [9.17, 15) is 4.79 Å². The van der Waals surface area contributed by atoms with Gasteiger partial charge in [0.05, 0.1) is 17.4 Å². The van der Waals surface area contributed by atoms with Crippen LogP contribution in [-0.4, -0.2) is 17.2 Å². The molecule has 0 aromatic heterocycles. The Balaban J connectivity index is 2.98.